The van der Waals surface area contributed by atoms with Gasteiger partial charge in [-0.1, -0.05) is 12.1 Å². The van der Waals surface area contributed by atoms with Crippen LogP contribution in [0.1, 0.15) is 21.5 Å². The normalized spacial score (nSPS) is 10.9. The highest BCUT2D eigenvalue weighted by Crippen LogP contribution is 2.38. The van der Waals surface area contributed by atoms with Gasteiger partial charge in [0.05, 0.1) is 21.3 Å². The Bertz CT molecular complexity index is 943. The van der Waals surface area contributed by atoms with Gasteiger partial charge < -0.3 is 14.2 Å². The van der Waals surface area contributed by atoms with E-state index in [0.717, 1.165) is 6.08 Å². The topological polar surface area (TPSA) is 94.1 Å². The van der Waals surface area contributed by atoms with Crippen LogP contribution in [-0.2, 0) is 4.79 Å². The van der Waals surface area contributed by atoms with E-state index in [1.54, 1.807) is 0 Å². The predicted octanol–water partition coefficient (Wildman–Crippen LogP) is 3.27. The molecule has 2 rings (SSSR count). The van der Waals surface area contributed by atoms with Crippen molar-refractivity contribution in [1.82, 2.24) is 5.48 Å². The maximum Gasteiger partial charge on any atom is 0.267 e. The number of hydrogen-bond acceptors (Lipinski definition) is 6. The van der Waals surface area contributed by atoms with Gasteiger partial charge in [-0.25, -0.2) is 9.87 Å². The van der Waals surface area contributed by atoms with Crippen LogP contribution in [0.15, 0.2) is 42.5 Å². The number of hydrogen-bond donors (Lipinski definition) is 2. The van der Waals surface area contributed by atoms with Gasteiger partial charge in [0.25, 0.3) is 5.91 Å². The van der Waals surface area contributed by atoms with Gasteiger partial charge in [0.1, 0.15) is 5.82 Å². The number of benzene rings is 2. The zero-order valence-electron chi connectivity index (χ0n) is 16.1. The van der Waals surface area contributed by atoms with E-state index in [0.29, 0.717) is 28.4 Å². The van der Waals surface area contributed by atoms with E-state index in [9.17, 15) is 14.0 Å². The summed E-state index contributed by atoms with van der Waals surface area (Å²) in [6.07, 6.45) is 5.02. The Morgan fingerprint density at radius 2 is 1.62 bits per heavy atom. The molecule has 0 heterocycles. The first-order valence-corrected chi connectivity index (χ1v) is 8.37. The lowest BCUT2D eigenvalue weighted by Gasteiger charge is -2.13. The van der Waals surface area contributed by atoms with Gasteiger partial charge in [-0.3, -0.25) is 14.8 Å². The van der Waals surface area contributed by atoms with Crippen LogP contribution in [0, 0.1) is 5.82 Å². The molecule has 0 radical (unpaired) electrons. The molecule has 7 nitrogen and oxygen atoms in total. The molecular weight excluding hydrogens is 381 g/mol. The molecule has 0 unspecified atom stereocenters. The Morgan fingerprint density at radius 3 is 2.17 bits per heavy atom. The Kier molecular flexibility index (Phi) is 7.50. The van der Waals surface area contributed by atoms with Crippen molar-refractivity contribution in [2.75, 3.05) is 21.3 Å². The third-order valence-corrected chi connectivity index (χ3v) is 3.92. The highest BCUT2D eigenvalue weighted by atomic mass is 19.1. The van der Waals surface area contributed by atoms with Crippen LogP contribution in [0.25, 0.3) is 12.2 Å². The minimum Gasteiger partial charge on any atom is -0.493 e. The number of allylic oxidation sites excluding steroid dienone is 1. The number of hydroxylamine groups is 1. The molecule has 1 amide bonds. The second kappa shape index (κ2) is 10.0. The summed E-state index contributed by atoms with van der Waals surface area (Å²) < 4.78 is 29.6. The fourth-order valence-corrected chi connectivity index (χ4v) is 2.49. The van der Waals surface area contributed by atoms with Crippen LogP contribution in [0.3, 0.4) is 0 Å². The minimum atomic E-state index is -0.789. The predicted molar refractivity (Wildman–Crippen MR) is 105 cm³/mol. The number of methoxy groups -OCH3 is 3. The van der Waals surface area contributed by atoms with Gasteiger partial charge in [0, 0.05) is 17.2 Å². The number of carbonyl (C=O) groups excluding carboxylic acids is 2. The van der Waals surface area contributed by atoms with E-state index in [1.165, 1.54) is 75.4 Å². The molecule has 0 aliphatic carbocycles. The third-order valence-electron chi connectivity index (χ3n) is 3.92. The van der Waals surface area contributed by atoms with E-state index in [1.807, 2.05) is 0 Å². The third kappa shape index (κ3) is 5.43. The molecule has 0 spiro atoms. The van der Waals surface area contributed by atoms with Crippen molar-refractivity contribution in [1.29, 1.82) is 0 Å². The first kappa shape index (κ1) is 21.6. The number of ketones is 1. The number of rotatable bonds is 8. The van der Waals surface area contributed by atoms with Crippen molar-refractivity contribution in [3.8, 4) is 17.2 Å². The Hall–Kier alpha value is -3.65. The van der Waals surface area contributed by atoms with Gasteiger partial charge in [-0.15, -0.1) is 0 Å². The number of ether oxygens (including phenoxy) is 3. The SMILES string of the molecule is COc1cc(C(=O)/C=C/c2ccc(F)c(/C=C/C(=O)NO)c2)cc(OC)c1OC. The summed E-state index contributed by atoms with van der Waals surface area (Å²) in [4.78, 5) is 23.6. The van der Waals surface area contributed by atoms with Crippen molar-refractivity contribution in [2.45, 2.75) is 0 Å². The molecule has 29 heavy (non-hydrogen) atoms. The van der Waals surface area contributed by atoms with Gasteiger partial charge in [-0.2, -0.15) is 0 Å². The average Bonchev–Trinajstić information content (AvgIpc) is 2.75. The van der Waals surface area contributed by atoms with Crippen LogP contribution in [0.4, 0.5) is 4.39 Å². The van der Waals surface area contributed by atoms with E-state index >= 15 is 0 Å². The van der Waals surface area contributed by atoms with Crippen molar-refractivity contribution in [3.63, 3.8) is 0 Å². The molecule has 8 heteroatoms. The summed E-state index contributed by atoms with van der Waals surface area (Å²) in [5.74, 6) is -0.606. The quantitative estimate of drug-likeness (QED) is 0.305. The summed E-state index contributed by atoms with van der Waals surface area (Å²) >= 11 is 0. The molecular formula is C21H20FNO6. The van der Waals surface area contributed by atoms with Crippen LogP contribution in [0.5, 0.6) is 17.2 Å². The minimum absolute atomic E-state index is 0.121. The van der Waals surface area contributed by atoms with Crippen LogP contribution < -0.4 is 19.7 Å². The highest BCUT2D eigenvalue weighted by molar-refractivity contribution is 6.07. The first-order chi connectivity index (χ1) is 13.9. The zero-order chi connectivity index (χ0) is 21.4. The summed E-state index contributed by atoms with van der Waals surface area (Å²) in [5, 5.41) is 8.48. The lowest BCUT2D eigenvalue weighted by Crippen LogP contribution is -2.14. The molecule has 152 valence electrons. The second-order valence-electron chi connectivity index (χ2n) is 5.70. The van der Waals surface area contributed by atoms with Crippen LogP contribution in [0.2, 0.25) is 0 Å². The second-order valence-corrected chi connectivity index (χ2v) is 5.70. The first-order valence-electron chi connectivity index (χ1n) is 8.37. The molecule has 0 saturated carbocycles. The highest BCUT2D eigenvalue weighted by Gasteiger charge is 2.15. The summed E-state index contributed by atoms with van der Waals surface area (Å²) in [6.45, 7) is 0. The maximum absolute atomic E-state index is 13.8. The maximum atomic E-state index is 13.8. The fraction of sp³-hybridized carbons (Fsp3) is 0.143. The standard InChI is InChI=1S/C21H20FNO6/c1-27-18-11-15(12-19(28-2)21(18)29-3)17(24)8-5-13-4-7-16(22)14(10-13)6-9-20(25)23-26/h4-12,26H,1-3H3,(H,23,25)/b8-5+,9-6+. The molecule has 2 N–H and O–H groups in total. The summed E-state index contributed by atoms with van der Waals surface area (Å²) in [5.41, 5.74) is 2.39. The number of nitrogens with one attached hydrogen (secondary N) is 1. The summed E-state index contributed by atoms with van der Waals surface area (Å²) in [7, 11) is 4.37. The lowest BCUT2D eigenvalue weighted by molar-refractivity contribution is -0.124. The molecule has 2 aromatic rings. The molecule has 0 saturated heterocycles. The number of halogens is 1. The van der Waals surface area contributed by atoms with Gasteiger partial charge in [0.15, 0.2) is 17.3 Å². The number of carbonyl (C=O) groups is 2. The molecule has 0 atom stereocenters. The van der Waals surface area contributed by atoms with Crippen molar-refractivity contribution in [3.05, 3.63) is 65.0 Å². The molecule has 2 aromatic carbocycles. The fourth-order valence-electron chi connectivity index (χ4n) is 2.49. The van der Waals surface area contributed by atoms with Crippen molar-refractivity contribution < 1.29 is 33.4 Å². The average molecular weight is 401 g/mol. The molecule has 0 fully saturated rings. The number of amides is 1. The van der Waals surface area contributed by atoms with E-state index in [4.69, 9.17) is 19.4 Å². The van der Waals surface area contributed by atoms with Crippen molar-refractivity contribution in [2.24, 2.45) is 0 Å². The van der Waals surface area contributed by atoms with Crippen LogP contribution in [-0.4, -0.2) is 38.2 Å². The van der Waals surface area contributed by atoms with Crippen LogP contribution >= 0.6 is 0 Å². The molecule has 0 aromatic heterocycles. The Morgan fingerprint density at radius 1 is 0.966 bits per heavy atom. The van der Waals surface area contributed by atoms with E-state index in [-0.39, 0.29) is 11.3 Å². The van der Waals surface area contributed by atoms with Crippen molar-refractivity contribution >= 4 is 23.8 Å². The molecule has 0 aliphatic rings. The molecule has 0 aliphatic heterocycles. The lowest BCUT2D eigenvalue weighted by atomic mass is 10.1. The Balaban J connectivity index is 2.29. The monoisotopic (exact) mass is 401 g/mol. The molecule has 0 bridgehead atoms. The Labute approximate surface area is 167 Å². The van der Waals surface area contributed by atoms with Gasteiger partial charge in [0.2, 0.25) is 5.75 Å². The largest absolute Gasteiger partial charge is 0.493 e. The summed E-state index contributed by atoms with van der Waals surface area (Å²) in [6, 6.07) is 7.20. The smallest absolute Gasteiger partial charge is 0.267 e. The van der Waals surface area contributed by atoms with Gasteiger partial charge >= 0.3 is 0 Å². The van der Waals surface area contributed by atoms with Gasteiger partial charge in [-0.05, 0) is 42.0 Å². The van der Waals surface area contributed by atoms with E-state index in [2.05, 4.69) is 0 Å². The van der Waals surface area contributed by atoms with E-state index < -0.39 is 11.7 Å². The zero-order valence-corrected chi connectivity index (χ0v) is 16.1.